The molecule has 2 unspecified atom stereocenters. The summed E-state index contributed by atoms with van der Waals surface area (Å²) in [7, 11) is 0. The number of nitrogens with zero attached hydrogens (tertiary/aromatic N) is 2. The molecule has 0 bridgehead atoms. The summed E-state index contributed by atoms with van der Waals surface area (Å²) >= 11 is 7.55. The van der Waals surface area contributed by atoms with Gasteiger partial charge in [0.2, 0.25) is 5.91 Å². The number of hydrogen-bond donors (Lipinski definition) is 1. The number of amidine groups is 1. The molecule has 174 valence electrons. The molecule has 0 saturated carbocycles. The number of thioether (sulfide) groups is 1. The second-order valence-electron chi connectivity index (χ2n) is 7.95. The molecule has 1 fully saturated rings. The lowest BCUT2D eigenvalue weighted by Crippen LogP contribution is -2.38. The minimum atomic E-state index is -0.487. The van der Waals surface area contributed by atoms with Crippen molar-refractivity contribution < 1.29 is 19.1 Å². The number of aliphatic imine (C=N–C) groups is 1. The highest BCUT2D eigenvalue weighted by Gasteiger charge is 2.41. The summed E-state index contributed by atoms with van der Waals surface area (Å²) in [5.41, 5.74) is 2.63. The summed E-state index contributed by atoms with van der Waals surface area (Å²) in [6.45, 7) is 6.76. The van der Waals surface area contributed by atoms with Crippen LogP contribution in [-0.2, 0) is 19.1 Å². The van der Waals surface area contributed by atoms with Gasteiger partial charge in [-0.15, -0.1) is 0 Å². The molecule has 33 heavy (non-hydrogen) atoms. The predicted molar refractivity (Wildman–Crippen MR) is 130 cm³/mol. The Bertz CT molecular complexity index is 1030. The molecule has 1 saturated heterocycles. The van der Waals surface area contributed by atoms with Crippen LogP contribution in [0, 0.1) is 0 Å². The molecule has 0 spiro atoms. The average molecular weight is 488 g/mol. The van der Waals surface area contributed by atoms with E-state index in [2.05, 4.69) is 16.9 Å². The van der Waals surface area contributed by atoms with Crippen molar-refractivity contribution >= 4 is 40.4 Å². The normalized spacial score (nSPS) is 21.9. The number of carbonyl (C=O) groups excluding carboxylic acids is 2. The predicted octanol–water partition coefficient (Wildman–Crippen LogP) is 4.33. The van der Waals surface area contributed by atoms with Crippen LogP contribution >= 0.6 is 23.4 Å². The zero-order chi connectivity index (χ0) is 23.4. The number of rotatable bonds is 8. The quantitative estimate of drug-likeness (QED) is 0.434. The van der Waals surface area contributed by atoms with Crippen molar-refractivity contribution in [3.05, 3.63) is 69.9 Å². The molecule has 9 heteroatoms. The van der Waals surface area contributed by atoms with E-state index in [0.29, 0.717) is 22.8 Å². The highest BCUT2D eigenvalue weighted by Crippen LogP contribution is 2.45. The first-order chi connectivity index (χ1) is 16.0. The summed E-state index contributed by atoms with van der Waals surface area (Å²) in [6.07, 6.45) is 3.75. The Hall–Kier alpha value is -2.55. The molecule has 2 atom stereocenters. The van der Waals surface area contributed by atoms with Crippen molar-refractivity contribution in [3.8, 4) is 0 Å². The lowest BCUT2D eigenvalue weighted by molar-refractivity contribution is -0.138. The fraction of sp³-hybridized carbons (Fsp3) is 0.375. The Morgan fingerprint density at radius 2 is 2.18 bits per heavy atom. The number of carbonyl (C=O) groups is 2. The maximum Gasteiger partial charge on any atom is 0.338 e. The van der Waals surface area contributed by atoms with Crippen LogP contribution in [0.4, 0.5) is 0 Å². The van der Waals surface area contributed by atoms with Gasteiger partial charge in [0.05, 0.1) is 29.8 Å². The van der Waals surface area contributed by atoms with Crippen molar-refractivity contribution in [2.75, 3.05) is 19.8 Å². The summed E-state index contributed by atoms with van der Waals surface area (Å²) in [5, 5.41) is 6.20. The topological polar surface area (TPSA) is 80.2 Å². The van der Waals surface area contributed by atoms with Gasteiger partial charge in [0.25, 0.3) is 0 Å². The van der Waals surface area contributed by atoms with E-state index >= 15 is 0 Å². The van der Waals surface area contributed by atoms with E-state index in [1.807, 2.05) is 22.4 Å². The smallest absolute Gasteiger partial charge is 0.338 e. The number of hydrogen-bond acceptors (Lipinski definition) is 7. The van der Waals surface area contributed by atoms with E-state index < -0.39 is 12.0 Å². The summed E-state index contributed by atoms with van der Waals surface area (Å²) in [6, 6.07) is 6.83. The van der Waals surface area contributed by atoms with E-state index in [-0.39, 0.29) is 25.0 Å². The minimum Gasteiger partial charge on any atom is -0.458 e. The lowest BCUT2D eigenvalue weighted by atomic mass is 9.94. The lowest BCUT2D eigenvalue weighted by Gasteiger charge is -2.36. The van der Waals surface area contributed by atoms with Gasteiger partial charge >= 0.3 is 5.97 Å². The van der Waals surface area contributed by atoms with Gasteiger partial charge < -0.3 is 19.7 Å². The third-order valence-electron chi connectivity index (χ3n) is 5.63. The summed E-state index contributed by atoms with van der Waals surface area (Å²) in [5.74, 6) is -0.565. The maximum atomic E-state index is 13.0. The zero-order valence-corrected chi connectivity index (χ0v) is 20.0. The van der Waals surface area contributed by atoms with Crippen molar-refractivity contribution in [2.45, 2.75) is 38.3 Å². The van der Waals surface area contributed by atoms with Gasteiger partial charge in [-0.1, -0.05) is 48.2 Å². The molecule has 0 aromatic heterocycles. The standard InChI is InChI=1S/C24H26ClN3O4S/c1-3-10-32-23(30)21-15(2)27-24-28(22(21)16-6-8-17(25)9-7-16)18(14-33-24)12-20(29)26-13-19-5-4-11-31-19/h3,6-9,14,19,22H,1,4-5,10-13H2,2H3,(H,26,29). The molecule has 1 amide bonds. The maximum absolute atomic E-state index is 13.0. The molecule has 1 aromatic rings. The second-order valence-corrected chi connectivity index (χ2v) is 9.22. The zero-order valence-electron chi connectivity index (χ0n) is 18.4. The van der Waals surface area contributed by atoms with E-state index in [9.17, 15) is 9.59 Å². The van der Waals surface area contributed by atoms with Gasteiger partial charge in [-0.05, 0) is 42.9 Å². The number of benzene rings is 1. The first kappa shape index (κ1) is 23.6. The molecule has 4 rings (SSSR count). The minimum absolute atomic E-state index is 0.0756. The van der Waals surface area contributed by atoms with Crippen molar-refractivity contribution in [3.63, 3.8) is 0 Å². The monoisotopic (exact) mass is 487 g/mol. The third-order valence-corrected chi connectivity index (χ3v) is 6.77. The van der Waals surface area contributed by atoms with E-state index in [1.165, 1.54) is 17.8 Å². The summed E-state index contributed by atoms with van der Waals surface area (Å²) < 4.78 is 11.0. The van der Waals surface area contributed by atoms with Crippen molar-refractivity contribution in [2.24, 2.45) is 4.99 Å². The first-order valence-corrected chi connectivity index (χ1v) is 12.1. The van der Waals surface area contributed by atoms with Gasteiger partial charge in [0, 0.05) is 23.9 Å². The van der Waals surface area contributed by atoms with Crippen LogP contribution in [0.25, 0.3) is 0 Å². The van der Waals surface area contributed by atoms with Gasteiger partial charge in [-0.2, -0.15) is 0 Å². The number of esters is 1. The molecule has 0 radical (unpaired) electrons. The first-order valence-electron chi connectivity index (χ1n) is 10.8. The highest BCUT2D eigenvalue weighted by molar-refractivity contribution is 8.16. The van der Waals surface area contributed by atoms with Crippen molar-refractivity contribution in [1.29, 1.82) is 0 Å². The van der Waals surface area contributed by atoms with Gasteiger partial charge in [-0.3, -0.25) is 4.79 Å². The number of fused-ring (bicyclic) bond motifs is 1. The van der Waals surface area contributed by atoms with Crippen LogP contribution < -0.4 is 5.32 Å². The summed E-state index contributed by atoms with van der Waals surface area (Å²) in [4.78, 5) is 32.3. The Kier molecular flexibility index (Phi) is 7.57. The molecule has 3 heterocycles. The Morgan fingerprint density at radius 1 is 1.39 bits per heavy atom. The van der Waals surface area contributed by atoms with Crippen LogP contribution in [0.5, 0.6) is 0 Å². The Labute approximate surface area is 202 Å². The molecular weight excluding hydrogens is 462 g/mol. The molecule has 1 N–H and O–H groups in total. The molecule has 3 aliphatic rings. The number of amides is 1. The van der Waals surface area contributed by atoms with Crippen LogP contribution in [0.15, 0.2) is 64.3 Å². The molecule has 1 aromatic carbocycles. The molecular formula is C24H26ClN3O4S. The fourth-order valence-corrected chi connectivity index (χ4v) is 5.15. The van der Waals surface area contributed by atoms with Gasteiger partial charge in [0.1, 0.15) is 6.61 Å². The fourth-order valence-electron chi connectivity index (χ4n) is 4.06. The number of ether oxygens (including phenoxy) is 2. The number of nitrogens with one attached hydrogen (secondary N) is 1. The Morgan fingerprint density at radius 3 is 2.88 bits per heavy atom. The second kappa shape index (κ2) is 10.6. The highest BCUT2D eigenvalue weighted by atomic mass is 35.5. The SMILES string of the molecule is C=CCOC(=O)C1=C(C)N=C2SC=C(CC(=O)NCC3CCCO3)N2C1c1ccc(Cl)cc1. The Balaban J connectivity index is 1.59. The van der Waals surface area contributed by atoms with E-state index in [1.54, 1.807) is 19.1 Å². The van der Waals surface area contributed by atoms with Crippen LogP contribution in [0.1, 0.15) is 37.8 Å². The average Bonchev–Trinajstić information content (AvgIpc) is 3.46. The third kappa shape index (κ3) is 5.34. The number of halogens is 1. The van der Waals surface area contributed by atoms with Crippen LogP contribution in [0.2, 0.25) is 5.02 Å². The molecule has 3 aliphatic heterocycles. The molecule has 7 nitrogen and oxygen atoms in total. The number of allylic oxidation sites excluding steroid dienone is 1. The van der Waals surface area contributed by atoms with E-state index in [4.69, 9.17) is 21.1 Å². The van der Waals surface area contributed by atoms with Crippen LogP contribution in [-0.4, -0.2) is 47.8 Å². The molecule has 0 aliphatic carbocycles. The van der Waals surface area contributed by atoms with Crippen molar-refractivity contribution in [1.82, 2.24) is 10.2 Å². The van der Waals surface area contributed by atoms with Gasteiger partial charge in [0.15, 0.2) is 5.17 Å². The van der Waals surface area contributed by atoms with Gasteiger partial charge in [-0.25, -0.2) is 9.79 Å². The van der Waals surface area contributed by atoms with Crippen LogP contribution in [0.3, 0.4) is 0 Å². The van der Waals surface area contributed by atoms with E-state index in [0.717, 1.165) is 35.9 Å². The largest absolute Gasteiger partial charge is 0.458 e.